The van der Waals surface area contributed by atoms with Gasteiger partial charge in [-0.25, -0.2) is 0 Å². The van der Waals surface area contributed by atoms with Crippen LogP contribution in [0.3, 0.4) is 0 Å². The summed E-state index contributed by atoms with van der Waals surface area (Å²) in [6.45, 7) is 1.57. The van der Waals surface area contributed by atoms with Gasteiger partial charge >= 0.3 is 0 Å². The highest BCUT2D eigenvalue weighted by atomic mass is 79.9. The minimum atomic E-state index is 0.471. The standard InChI is InChI=1S/C24H44Br2N2/c1-7-21-27(3,4)23(25)19-17-15-13-11-9-10-12-14-16-18-20-24(26)28(5,6)22-8-2/h1-2,23-24H,9-22H2,3-6H3/q+2. The van der Waals surface area contributed by atoms with E-state index in [0.717, 1.165) is 22.1 Å². The van der Waals surface area contributed by atoms with Crippen molar-refractivity contribution < 1.29 is 8.97 Å². The largest absolute Gasteiger partial charge is 0.307 e. The van der Waals surface area contributed by atoms with Gasteiger partial charge in [0.2, 0.25) is 0 Å². The van der Waals surface area contributed by atoms with Crippen LogP contribution in [0.15, 0.2) is 0 Å². The van der Waals surface area contributed by atoms with Gasteiger partial charge in [-0.1, -0.05) is 51.4 Å². The maximum atomic E-state index is 5.46. The lowest BCUT2D eigenvalue weighted by Gasteiger charge is -2.33. The van der Waals surface area contributed by atoms with Crippen molar-refractivity contribution in [3.8, 4) is 24.7 Å². The average molecular weight is 520 g/mol. The lowest BCUT2D eigenvalue weighted by atomic mass is 10.0. The van der Waals surface area contributed by atoms with E-state index in [9.17, 15) is 0 Å². The van der Waals surface area contributed by atoms with Gasteiger partial charge in [-0.05, 0) is 56.5 Å². The molecule has 162 valence electrons. The minimum Gasteiger partial charge on any atom is -0.307 e. The van der Waals surface area contributed by atoms with Gasteiger partial charge in [0.15, 0.2) is 0 Å². The van der Waals surface area contributed by atoms with E-state index in [4.69, 9.17) is 12.8 Å². The monoisotopic (exact) mass is 518 g/mol. The van der Waals surface area contributed by atoms with Crippen LogP contribution in [0.2, 0.25) is 0 Å². The fourth-order valence-electron chi connectivity index (χ4n) is 3.41. The number of halogens is 2. The molecule has 0 amide bonds. The van der Waals surface area contributed by atoms with Crippen molar-refractivity contribution >= 4 is 31.9 Å². The molecule has 28 heavy (non-hydrogen) atoms. The van der Waals surface area contributed by atoms with E-state index in [2.05, 4.69) is 71.9 Å². The van der Waals surface area contributed by atoms with Crippen molar-refractivity contribution in [3.05, 3.63) is 0 Å². The molecule has 0 spiro atoms. The Labute approximate surface area is 193 Å². The molecule has 0 aliphatic carbocycles. The molecule has 0 radical (unpaired) electrons. The molecular weight excluding hydrogens is 476 g/mol. The average Bonchev–Trinajstić information content (AvgIpc) is 2.62. The highest BCUT2D eigenvalue weighted by Crippen LogP contribution is 2.22. The number of nitrogens with zero attached hydrogens (tertiary/aromatic N) is 2. The highest BCUT2D eigenvalue weighted by Gasteiger charge is 2.24. The fraction of sp³-hybridized carbons (Fsp3) is 0.833. The van der Waals surface area contributed by atoms with Crippen LogP contribution >= 0.6 is 31.9 Å². The van der Waals surface area contributed by atoms with E-state index in [1.54, 1.807) is 0 Å². The van der Waals surface area contributed by atoms with Crippen LogP contribution in [-0.2, 0) is 0 Å². The van der Waals surface area contributed by atoms with Crippen LogP contribution in [0.1, 0.15) is 77.0 Å². The molecule has 0 heterocycles. The Balaban J connectivity index is 3.50. The second kappa shape index (κ2) is 15.8. The van der Waals surface area contributed by atoms with Gasteiger partial charge < -0.3 is 8.97 Å². The lowest BCUT2D eigenvalue weighted by molar-refractivity contribution is -0.892. The number of hydrogen-bond donors (Lipinski definition) is 0. The second-order valence-electron chi connectivity index (χ2n) is 9.26. The summed E-state index contributed by atoms with van der Waals surface area (Å²) in [5, 5.41) is 0. The van der Waals surface area contributed by atoms with E-state index in [1.807, 2.05) is 0 Å². The summed E-state index contributed by atoms with van der Waals surface area (Å²) in [5.74, 6) is 5.56. The number of quaternary nitrogens is 2. The van der Waals surface area contributed by atoms with Gasteiger partial charge in [0, 0.05) is 12.8 Å². The molecule has 0 aliphatic heterocycles. The topological polar surface area (TPSA) is 0 Å². The summed E-state index contributed by atoms with van der Waals surface area (Å²) in [4.78, 5) is 0.942. The van der Waals surface area contributed by atoms with Crippen LogP contribution in [0, 0.1) is 24.7 Å². The van der Waals surface area contributed by atoms with Crippen LogP contribution in [0.25, 0.3) is 0 Å². The number of alkyl halides is 2. The predicted octanol–water partition coefficient (Wildman–Crippen LogP) is 6.53. The van der Waals surface area contributed by atoms with Crippen molar-refractivity contribution in [2.24, 2.45) is 0 Å². The smallest absolute Gasteiger partial charge is 0.144 e. The molecule has 0 aliphatic rings. The summed E-state index contributed by atoms with van der Waals surface area (Å²) < 4.78 is 1.74. The van der Waals surface area contributed by atoms with Crippen molar-refractivity contribution in [2.45, 2.75) is 87.0 Å². The number of rotatable bonds is 17. The van der Waals surface area contributed by atoms with Crippen molar-refractivity contribution in [2.75, 3.05) is 41.3 Å². The Hall–Kier alpha value is 0. The third-order valence-corrected chi connectivity index (χ3v) is 8.78. The van der Waals surface area contributed by atoms with Crippen LogP contribution in [0.4, 0.5) is 0 Å². The Kier molecular flexibility index (Phi) is 15.8. The maximum absolute atomic E-state index is 5.46. The highest BCUT2D eigenvalue weighted by molar-refractivity contribution is 9.09. The fourth-order valence-corrected chi connectivity index (χ4v) is 4.34. The third-order valence-electron chi connectivity index (χ3n) is 5.65. The zero-order valence-corrected chi connectivity index (χ0v) is 22.0. The van der Waals surface area contributed by atoms with E-state index < -0.39 is 0 Å². The molecular formula is C24H44Br2N2+2. The van der Waals surface area contributed by atoms with E-state index in [0.29, 0.717) is 9.90 Å². The summed E-state index contributed by atoms with van der Waals surface area (Å²) in [7, 11) is 8.81. The molecule has 0 bridgehead atoms. The number of hydrogen-bond acceptors (Lipinski definition) is 0. The first-order chi connectivity index (χ1) is 13.2. The molecule has 0 fully saturated rings. The maximum Gasteiger partial charge on any atom is 0.144 e. The number of terminal acetylenes is 2. The zero-order chi connectivity index (χ0) is 21.5. The SMILES string of the molecule is C#CC[N+](C)(C)C(Br)CCCCCCCCCCCCC(Br)[N+](C)(C)CC#C. The van der Waals surface area contributed by atoms with E-state index >= 15 is 0 Å². The third kappa shape index (κ3) is 13.3. The zero-order valence-electron chi connectivity index (χ0n) is 18.9. The molecule has 2 atom stereocenters. The van der Waals surface area contributed by atoms with Crippen molar-refractivity contribution in [1.82, 2.24) is 0 Å². The molecule has 0 aromatic rings. The predicted molar refractivity (Wildman–Crippen MR) is 132 cm³/mol. The van der Waals surface area contributed by atoms with Crippen molar-refractivity contribution in [1.29, 1.82) is 0 Å². The van der Waals surface area contributed by atoms with E-state index in [1.165, 1.54) is 77.0 Å². The van der Waals surface area contributed by atoms with Gasteiger partial charge in [-0.2, -0.15) is 0 Å². The Morgan fingerprint density at radius 1 is 0.571 bits per heavy atom. The quantitative estimate of drug-likeness (QED) is 0.0673. The molecule has 0 saturated carbocycles. The molecule has 0 aromatic carbocycles. The molecule has 2 nitrogen and oxygen atoms in total. The van der Waals surface area contributed by atoms with Gasteiger partial charge in [0.25, 0.3) is 0 Å². The van der Waals surface area contributed by atoms with Gasteiger partial charge in [0.05, 0.1) is 28.2 Å². The minimum absolute atomic E-state index is 0.471. The summed E-state index contributed by atoms with van der Waals surface area (Å²) in [6, 6.07) is 0. The van der Waals surface area contributed by atoms with Gasteiger partial charge in [-0.3, -0.25) is 0 Å². The first-order valence-corrected chi connectivity index (χ1v) is 12.8. The second-order valence-corrected chi connectivity index (χ2v) is 11.4. The van der Waals surface area contributed by atoms with Crippen molar-refractivity contribution in [3.63, 3.8) is 0 Å². The van der Waals surface area contributed by atoms with Crippen LogP contribution < -0.4 is 0 Å². The normalized spacial score (nSPS) is 14.3. The number of unbranched alkanes of at least 4 members (excludes halogenated alkanes) is 9. The van der Waals surface area contributed by atoms with Crippen LogP contribution in [0.5, 0.6) is 0 Å². The summed E-state index contributed by atoms with van der Waals surface area (Å²) in [6.07, 6.45) is 26.9. The lowest BCUT2D eigenvalue weighted by Crippen LogP contribution is -2.45. The Morgan fingerprint density at radius 3 is 1.07 bits per heavy atom. The summed E-state index contributed by atoms with van der Waals surface area (Å²) in [5.41, 5.74) is 0. The molecule has 4 heteroatoms. The van der Waals surface area contributed by atoms with Gasteiger partial charge in [0.1, 0.15) is 23.0 Å². The molecule has 2 unspecified atom stereocenters. The van der Waals surface area contributed by atoms with Crippen LogP contribution in [-0.4, -0.2) is 60.1 Å². The molecule has 0 N–H and O–H groups in total. The Morgan fingerprint density at radius 2 is 0.821 bits per heavy atom. The Bertz CT molecular complexity index is 430. The van der Waals surface area contributed by atoms with E-state index in [-0.39, 0.29) is 0 Å². The van der Waals surface area contributed by atoms with Gasteiger partial charge in [-0.15, -0.1) is 12.8 Å². The molecule has 0 aromatic heterocycles. The summed E-state index contributed by atoms with van der Waals surface area (Å²) >= 11 is 7.63. The first-order valence-electron chi connectivity index (χ1n) is 11.0. The first kappa shape index (κ1) is 28.0. The molecule has 0 saturated heterocycles. The molecule has 0 rings (SSSR count).